The van der Waals surface area contributed by atoms with Gasteiger partial charge in [-0.1, -0.05) is 12.1 Å². The van der Waals surface area contributed by atoms with Gasteiger partial charge in [-0.2, -0.15) is 0 Å². The minimum absolute atomic E-state index is 0.176. The lowest BCUT2D eigenvalue weighted by atomic mass is 10.1. The monoisotopic (exact) mass is 276 g/mol. The molecule has 0 aliphatic carbocycles. The SMILES string of the molecule is Cc1ccc(C(C)Nc2ncc([N+](=O)[O-])cn2)cc1F. The van der Waals surface area contributed by atoms with Gasteiger partial charge in [0.1, 0.15) is 18.2 Å². The van der Waals surface area contributed by atoms with Crippen LogP contribution in [-0.4, -0.2) is 14.9 Å². The molecule has 6 nitrogen and oxygen atoms in total. The Hall–Kier alpha value is -2.57. The van der Waals surface area contributed by atoms with Crippen molar-refractivity contribution < 1.29 is 9.31 Å². The summed E-state index contributed by atoms with van der Waals surface area (Å²) in [5.74, 6) is -0.0233. The van der Waals surface area contributed by atoms with E-state index in [9.17, 15) is 14.5 Å². The fourth-order valence-corrected chi connectivity index (χ4v) is 1.65. The summed E-state index contributed by atoms with van der Waals surface area (Å²) < 4.78 is 13.5. The number of hydrogen-bond acceptors (Lipinski definition) is 5. The molecule has 1 atom stereocenters. The Morgan fingerprint density at radius 2 is 2.00 bits per heavy atom. The minimum Gasteiger partial charge on any atom is -0.348 e. The van der Waals surface area contributed by atoms with Crippen molar-refractivity contribution in [1.29, 1.82) is 0 Å². The molecule has 1 N–H and O–H groups in total. The van der Waals surface area contributed by atoms with Crippen LogP contribution in [0.25, 0.3) is 0 Å². The average molecular weight is 276 g/mol. The van der Waals surface area contributed by atoms with Crippen LogP contribution in [0.3, 0.4) is 0 Å². The number of anilines is 1. The van der Waals surface area contributed by atoms with Crippen LogP contribution in [0.15, 0.2) is 30.6 Å². The Labute approximate surface area is 114 Å². The Balaban J connectivity index is 2.12. The molecular formula is C13H13FN4O2. The summed E-state index contributed by atoms with van der Waals surface area (Å²) in [5.41, 5.74) is 1.15. The summed E-state index contributed by atoms with van der Waals surface area (Å²) in [6.07, 6.45) is 2.25. The van der Waals surface area contributed by atoms with Gasteiger partial charge in [-0.05, 0) is 31.0 Å². The molecule has 0 saturated carbocycles. The van der Waals surface area contributed by atoms with Crippen molar-refractivity contribution >= 4 is 11.6 Å². The normalized spacial score (nSPS) is 11.9. The minimum atomic E-state index is -0.567. The van der Waals surface area contributed by atoms with Crippen LogP contribution < -0.4 is 5.32 Å². The van der Waals surface area contributed by atoms with Gasteiger partial charge in [0.2, 0.25) is 5.95 Å². The molecule has 1 heterocycles. The van der Waals surface area contributed by atoms with Crippen LogP contribution in [-0.2, 0) is 0 Å². The van der Waals surface area contributed by atoms with Crippen molar-refractivity contribution in [3.05, 3.63) is 57.7 Å². The van der Waals surface area contributed by atoms with E-state index in [2.05, 4.69) is 15.3 Å². The smallest absolute Gasteiger partial charge is 0.305 e. The predicted molar refractivity (Wildman–Crippen MR) is 71.9 cm³/mol. The molecule has 1 unspecified atom stereocenters. The van der Waals surface area contributed by atoms with Gasteiger partial charge in [-0.3, -0.25) is 10.1 Å². The lowest BCUT2D eigenvalue weighted by Crippen LogP contribution is -2.10. The zero-order valence-electron chi connectivity index (χ0n) is 11.0. The molecule has 20 heavy (non-hydrogen) atoms. The molecule has 1 aromatic carbocycles. The molecule has 0 radical (unpaired) electrons. The molecule has 0 spiro atoms. The summed E-state index contributed by atoms with van der Waals surface area (Å²) in [6, 6.07) is 4.73. The van der Waals surface area contributed by atoms with E-state index >= 15 is 0 Å². The summed E-state index contributed by atoms with van der Waals surface area (Å²) in [5, 5.41) is 13.4. The van der Waals surface area contributed by atoms with Gasteiger partial charge < -0.3 is 5.32 Å². The molecule has 0 fully saturated rings. The van der Waals surface area contributed by atoms with Crippen molar-refractivity contribution in [2.24, 2.45) is 0 Å². The molecule has 1 aromatic heterocycles. The van der Waals surface area contributed by atoms with Gasteiger partial charge in [0.05, 0.1) is 11.0 Å². The van der Waals surface area contributed by atoms with Crippen LogP contribution in [0.5, 0.6) is 0 Å². The maximum Gasteiger partial charge on any atom is 0.305 e. The second-order valence-electron chi connectivity index (χ2n) is 4.40. The molecule has 0 amide bonds. The third kappa shape index (κ3) is 3.05. The first-order valence-corrected chi connectivity index (χ1v) is 5.96. The fraction of sp³-hybridized carbons (Fsp3) is 0.231. The lowest BCUT2D eigenvalue weighted by Gasteiger charge is -2.14. The average Bonchev–Trinajstić information content (AvgIpc) is 2.42. The van der Waals surface area contributed by atoms with Gasteiger partial charge >= 0.3 is 5.69 Å². The fourth-order valence-electron chi connectivity index (χ4n) is 1.65. The maximum atomic E-state index is 13.5. The number of aromatic nitrogens is 2. The number of rotatable bonds is 4. The topological polar surface area (TPSA) is 81.0 Å². The molecule has 0 bridgehead atoms. The van der Waals surface area contributed by atoms with Crippen molar-refractivity contribution in [3.63, 3.8) is 0 Å². The number of nitro groups is 1. The number of aryl methyl sites for hydroxylation is 1. The largest absolute Gasteiger partial charge is 0.348 e. The predicted octanol–water partition coefficient (Wildman–Crippen LogP) is 3.01. The van der Waals surface area contributed by atoms with Crippen molar-refractivity contribution in [2.75, 3.05) is 5.32 Å². The maximum absolute atomic E-state index is 13.5. The highest BCUT2D eigenvalue weighted by molar-refractivity contribution is 5.35. The van der Waals surface area contributed by atoms with Crippen LogP contribution >= 0.6 is 0 Å². The van der Waals surface area contributed by atoms with Gasteiger partial charge in [0, 0.05) is 0 Å². The first-order valence-electron chi connectivity index (χ1n) is 5.96. The van der Waals surface area contributed by atoms with E-state index < -0.39 is 4.92 Å². The van der Waals surface area contributed by atoms with Crippen molar-refractivity contribution in [1.82, 2.24) is 9.97 Å². The Bertz CT molecular complexity index is 631. The number of benzene rings is 1. The van der Waals surface area contributed by atoms with E-state index in [0.717, 1.165) is 18.0 Å². The molecule has 0 aliphatic rings. The van der Waals surface area contributed by atoms with Crippen LogP contribution in [0, 0.1) is 22.9 Å². The van der Waals surface area contributed by atoms with E-state index in [1.165, 1.54) is 6.07 Å². The van der Waals surface area contributed by atoms with E-state index in [1.54, 1.807) is 13.0 Å². The molecule has 0 aliphatic heterocycles. The van der Waals surface area contributed by atoms with Crippen LogP contribution in [0.2, 0.25) is 0 Å². The molecule has 7 heteroatoms. The number of halogens is 1. The number of nitrogens with zero attached hydrogens (tertiary/aromatic N) is 3. The second kappa shape index (κ2) is 5.60. The van der Waals surface area contributed by atoms with Gasteiger partial charge in [-0.25, -0.2) is 14.4 Å². The van der Waals surface area contributed by atoms with Crippen molar-refractivity contribution in [3.8, 4) is 0 Å². The Morgan fingerprint density at radius 1 is 1.35 bits per heavy atom. The number of hydrogen-bond donors (Lipinski definition) is 1. The van der Waals surface area contributed by atoms with E-state index in [1.807, 2.05) is 13.0 Å². The van der Waals surface area contributed by atoms with Gasteiger partial charge in [-0.15, -0.1) is 0 Å². The van der Waals surface area contributed by atoms with Crippen LogP contribution in [0.4, 0.5) is 16.0 Å². The first kappa shape index (κ1) is 13.9. The summed E-state index contributed by atoms with van der Waals surface area (Å²) in [6.45, 7) is 3.52. The van der Waals surface area contributed by atoms with E-state index in [4.69, 9.17) is 0 Å². The summed E-state index contributed by atoms with van der Waals surface area (Å²) in [4.78, 5) is 17.6. The third-order valence-corrected chi connectivity index (χ3v) is 2.89. The van der Waals surface area contributed by atoms with E-state index in [0.29, 0.717) is 5.56 Å². The highest BCUT2D eigenvalue weighted by Gasteiger charge is 2.11. The quantitative estimate of drug-likeness (QED) is 0.685. The highest BCUT2D eigenvalue weighted by atomic mass is 19.1. The third-order valence-electron chi connectivity index (χ3n) is 2.89. The lowest BCUT2D eigenvalue weighted by molar-refractivity contribution is -0.385. The standard InChI is InChI=1S/C13H13FN4O2/c1-8-3-4-10(5-12(8)14)9(2)17-13-15-6-11(7-16-13)18(19)20/h3-7,9H,1-2H3,(H,15,16,17). The molecule has 104 valence electrons. The zero-order chi connectivity index (χ0) is 14.7. The summed E-state index contributed by atoms with van der Waals surface area (Å²) in [7, 11) is 0. The molecule has 0 saturated heterocycles. The van der Waals surface area contributed by atoms with Crippen LogP contribution in [0.1, 0.15) is 24.1 Å². The van der Waals surface area contributed by atoms with E-state index in [-0.39, 0.29) is 23.5 Å². The van der Waals surface area contributed by atoms with Crippen molar-refractivity contribution in [2.45, 2.75) is 19.9 Å². The molecular weight excluding hydrogens is 263 g/mol. The number of nitrogens with one attached hydrogen (secondary N) is 1. The Kier molecular flexibility index (Phi) is 3.88. The molecule has 2 aromatic rings. The Morgan fingerprint density at radius 3 is 2.55 bits per heavy atom. The summed E-state index contributed by atoms with van der Waals surface area (Å²) >= 11 is 0. The zero-order valence-corrected chi connectivity index (χ0v) is 11.0. The van der Waals surface area contributed by atoms with Gasteiger partial charge in [0.25, 0.3) is 0 Å². The highest BCUT2D eigenvalue weighted by Crippen LogP contribution is 2.19. The second-order valence-corrected chi connectivity index (χ2v) is 4.40. The molecule has 2 rings (SSSR count). The van der Waals surface area contributed by atoms with Gasteiger partial charge in [0.15, 0.2) is 0 Å². The first-order chi connectivity index (χ1) is 9.47.